The number of aromatic amines is 1. The Kier molecular flexibility index (Phi) is 5.11. The lowest BCUT2D eigenvalue weighted by molar-refractivity contribution is 0.140. The summed E-state index contributed by atoms with van der Waals surface area (Å²) in [5.41, 5.74) is 2.52. The molecular weight excluding hydrogens is 318 g/mol. The highest BCUT2D eigenvalue weighted by Gasteiger charge is 2.18. The number of aliphatic hydroxyl groups is 1. The predicted molar refractivity (Wildman–Crippen MR) is 96.1 cm³/mol. The number of aromatic nitrogens is 2. The fourth-order valence-corrected chi connectivity index (χ4v) is 2.89. The van der Waals surface area contributed by atoms with Crippen LogP contribution < -0.4 is 10.9 Å². The molecule has 1 aliphatic carbocycles. The van der Waals surface area contributed by atoms with E-state index in [1.165, 1.54) is 7.05 Å². The molecule has 1 aliphatic rings. The molecule has 0 radical (unpaired) electrons. The minimum Gasteiger partial charge on any atom is -0.502 e. The van der Waals surface area contributed by atoms with Crippen molar-refractivity contribution in [3.63, 3.8) is 0 Å². The number of aliphatic hydroxyl groups excluding tert-OH is 1. The maximum absolute atomic E-state index is 12.0. The van der Waals surface area contributed by atoms with Crippen LogP contribution in [0.25, 0.3) is 5.57 Å². The van der Waals surface area contributed by atoms with Gasteiger partial charge in [0.2, 0.25) is 5.75 Å². The molecule has 0 spiro atoms. The summed E-state index contributed by atoms with van der Waals surface area (Å²) in [7, 11) is 1.52. The van der Waals surface area contributed by atoms with Crippen LogP contribution in [0.3, 0.4) is 0 Å². The lowest BCUT2D eigenvalue weighted by Crippen LogP contribution is -2.22. The molecule has 1 aromatic carbocycles. The minimum absolute atomic E-state index is 0.0736. The normalized spacial score (nSPS) is 15.0. The number of nitrogens with one attached hydrogen (secondary N) is 2. The molecule has 0 saturated carbocycles. The van der Waals surface area contributed by atoms with Crippen LogP contribution in [0.5, 0.6) is 5.75 Å². The maximum atomic E-state index is 12.0. The molecule has 1 aromatic heterocycles. The Morgan fingerprint density at radius 1 is 1.32 bits per heavy atom. The third kappa shape index (κ3) is 3.70. The van der Waals surface area contributed by atoms with Crippen LogP contribution in [0, 0.1) is 0 Å². The lowest BCUT2D eigenvalue weighted by atomic mass is 9.94. The molecule has 0 aliphatic heterocycles. The van der Waals surface area contributed by atoms with Crippen LogP contribution >= 0.6 is 0 Å². The first-order valence-electron chi connectivity index (χ1n) is 8.22. The number of benzene rings is 1. The van der Waals surface area contributed by atoms with E-state index in [-0.39, 0.29) is 5.69 Å². The Hall–Kier alpha value is -2.70. The number of hydrogen-bond acceptors (Lipinski definition) is 5. The van der Waals surface area contributed by atoms with Gasteiger partial charge >= 0.3 is 0 Å². The lowest BCUT2D eigenvalue weighted by Gasteiger charge is -2.14. The smallest absolute Gasteiger partial charge is 0.293 e. The molecule has 1 unspecified atom stereocenters. The Morgan fingerprint density at radius 3 is 2.84 bits per heavy atom. The van der Waals surface area contributed by atoms with Gasteiger partial charge in [0.15, 0.2) is 6.23 Å². The fraction of sp³-hybridized carbons (Fsp3) is 0.263. The van der Waals surface area contributed by atoms with E-state index >= 15 is 0 Å². The van der Waals surface area contributed by atoms with Gasteiger partial charge in [-0.1, -0.05) is 42.5 Å². The monoisotopic (exact) mass is 339 g/mol. The first-order valence-corrected chi connectivity index (χ1v) is 8.22. The van der Waals surface area contributed by atoms with Crippen LogP contribution in [0.4, 0.5) is 0 Å². The molecule has 0 bridgehead atoms. The summed E-state index contributed by atoms with van der Waals surface area (Å²) in [6, 6.07) is 7.94. The summed E-state index contributed by atoms with van der Waals surface area (Å²) < 4.78 is 0. The Bertz CT molecular complexity index is 884. The number of H-pyrrole nitrogens is 1. The van der Waals surface area contributed by atoms with Crippen molar-refractivity contribution in [3.05, 3.63) is 75.5 Å². The molecule has 2 aromatic rings. The van der Waals surface area contributed by atoms with E-state index in [4.69, 9.17) is 0 Å². The third-order valence-electron chi connectivity index (χ3n) is 4.18. The second-order valence-electron chi connectivity index (χ2n) is 5.91. The molecule has 3 rings (SSSR count). The van der Waals surface area contributed by atoms with E-state index in [1.54, 1.807) is 0 Å². The number of hydrogen-bond donors (Lipinski definition) is 4. The van der Waals surface area contributed by atoms with Crippen LogP contribution in [-0.4, -0.2) is 27.2 Å². The van der Waals surface area contributed by atoms with Gasteiger partial charge in [-0.2, -0.15) is 0 Å². The van der Waals surface area contributed by atoms with Gasteiger partial charge in [-0.15, -0.1) is 0 Å². The molecule has 0 fully saturated rings. The number of allylic oxidation sites excluding steroid dienone is 4. The summed E-state index contributed by atoms with van der Waals surface area (Å²) in [6.07, 6.45) is 7.68. The predicted octanol–water partition coefficient (Wildman–Crippen LogP) is 2.01. The van der Waals surface area contributed by atoms with Crippen molar-refractivity contribution < 1.29 is 10.2 Å². The van der Waals surface area contributed by atoms with Crippen molar-refractivity contribution in [1.82, 2.24) is 15.3 Å². The minimum atomic E-state index is -1.21. The SMILES string of the molecule is CNC(O)c1nc(Cc2ccccc2C2=CCCC=C2)[nH]c(=O)c1O. The van der Waals surface area contributed by atoms with E-state index in [0.717, 1.165) is 29.5 Å². The van der Waals surface area contributed by atoms with Crippen molar-refractivity contribution in [2.45, 2.75) is 25.5 Å². The summed E-state index contributed by atoms with van der Waals surface area (Å²) in [6.45, 7) is 0. The van der Waals surface area contributed by atoms with Crippen molar-refractivity contribution >= 4 is 5.57 Å². The second kappa shape index (κ2) is 7.46. The van der Waals surface area contributed by atoms with E-state index < -0.39 is 17.5 Å². The largest absolute Gasteiger partial charge is 0.502 e. The highest BCUT2D eigenvalue weighted by Crippen LogP contribution is 2.26. The van der Waals surface area contributed by atoms with Crippen LogP contribution in [0.1, 0.15) is 41.7 Å². The van der Waals surface area contributed by atoms with Gasteiger partial charge in [-0.05, 0) is 36.6 Å². The van der Waals surface area contributed by atoms with Gasteiger partial charge in [0.1, 0.15) is 11.5 Å². The molecule has 25 heavy (non-hydrogen) atoms. The first kappa shape index (κ1) is 17.1. The highest BCUT2D eigenvalue weighted by molar-refractivity contribution is 5.76. The fourth-order valence-electron chi connectivity index (χ4n) is 2.89. The van der Waals surface area contributed by atoms with Crippen molar-refractivity contribution in [2.75, 3.05) is 7.05 Å². The molecule has 4 N–H and O–H groups in total. The van der Waals surface area contributed by atoms with E-state index in [1.807, 2.05) is 24.3 Å². The van der Waals surface area contributed by atoms with Crippen LogP contribution in [0.15, 0.2) is 47.3 Å². The molecule has 0 saturated heterocycles. The molecule has 6 heteroatoms. The summed E-state index contributed by atoms with van der Waals surface area (Å²) in [4.78, 5) is 18.8. The van der Waals surface area contributed by atoms with Crippen molar-refractivity contribution in [2.24, 2.45) is 0 Å². The van der Waals surface area contributed by atoms with E-state index in [9.17, 15) is 15.0 Å². The van der Waals surface area contributed by atoms with Gasteiger partial charge in [0.25, 0.3) is 5.56 Å². The van der Waals surface area contributed by atoms with Gasteiger partial charge in [0.05, 0.1) is 0 Å². The van der Waals surface area contributed by atoms with Crippen molar-refractivity contribution in [3.8, 4) is 5.75 Å². The summed E-state index contributed by atoms with van der Waals surface area (Å²) >= 11 is 0. The molecule has 130 valence electrons. The highest BCUT2D eigenvalue weighted by atomic mass is 16.3. The van der Waals surface area contributed by atoms with Crippen molar-refractivity contribution in [1.29, 1.82) is 0 Å². The van der Waals surface area contributed by atoms with Gasteiger partial charge < -0.3 is 15.2 Å². The molecule has 0 amide bonds. The van der Waals surface area contributed by atoms with E-state index in [0.29, 0.717) is 12.2 Å². The number of nitrogens with zero attached hydrogens (tertiary/aromatic N) is 1. The molecule has 1 heterocycles. The molecule has 6 nitrogen and oxygen atoms in total. The zero-order valence-corrected chi connectivity index (χ0v) is 14.0. The zero-order valence-electron chi connectivity index (χ0n) is 14.0. The van der Waals surface area contributed by atoms with Gasteiger partial charge in [-0.3, -0.25) is 10.1 Å². The third-order valence-corrected chi connectivity index (χ3v) is 4.18. The summed E-state index contributed by atoms with van der Waals surface area (Å²) in [5, 5.41) is 22.3. The van der Waals surface area contributed by atoms with Gasteiger partial charge in [0, 0.05) is 6.42 Å². The zero-order chi connectivity index (χ0) is 17.8. The summed E-state index contributed by atoms with van der Waals surface area (Å²) in [5.74, 6) is -0.184. The molecule has 1 atom stereocenters. The Labute approximate surface area is 145 Å². The molecular formula is C19H21N3O3. The number of rotatable bonds is 5. The Morgan fingerprint density at radius 2 is 2.12 bits per heavy atom. The second-order valence-corrected chi connectivity index (χ2v) is 5.91. The number of aromatic hydroxyl groups is 1. The topological polar surface area (TPSA) is 98.2 Å². The van der Waals surface area contributed by atoms with Gasteiger partial charge in [-0.25, -0.2) is 4.98 Å². The van der Waals surface area contributed by atoms with Crippen LogP contribution in [-0.2, 0) is 6.42 Å². The maximum Gasteiger partial charge on any atom is 0.293 e. The van der Waals surface area contributed by atoms with E-state index in [2.05, 4.69) is 33.5 Å². The first-order chi connectivity index (χ1) is 12.1. The Balaban J connectivity index is 1.99. The average Bonchev–Trinajstić information content (AvgIpc) is 2.65. The average molecular weight is 339 g/mol. The quantitative estimate of drug-likeness (QED) is 0.625. The van der Waals surface area contributed by atoms with Crippen LogP contribution in [0.2, 0.25) is 0 Å². The standard InChI is InChI=1S/C19H21N3O3/c1-20-18(24)16-17(23)19(25)22-15(21-16)11-13-9-5-6-10-14(13)12-7-3-2-4-8-12/h3,5-10,18,20,23-24H,2,4,11H2,1H3,(H,21,22,25).